The first kappa shape index (κ1) is 32.7. The number of unbranched alkanes of at least 4 members (excludes halogenated alkanes) is 4. The second-order valence-electron chi connectivity index (χ2n) is 11.4. The molecule has 0 saturated carbocycles. The van der Waals surface area contributed by atoms with Crippen molar-refractivity contribution < 1.29 is 37.0 Å². The van der Waals surface area contributed by atoms with Gasteiger partial charge >= 0.3 is 6.09 Å². The fourth-order valence-corrected chi connectivity index (χ4v) is 6.10. The minimum absolute atomic E-state index is 0.119. The van der Waals surface area contributed by atoms with Crippen molar-refractivity contribution in [3.05, 3.63) is 59.2 Å². The molecule has 0 bridgehead atoms. The molecule has 2 aromatic rings. The number of hydrogen-bond acceptors (Lipinski definition) is 8. The first-order valence-corrected chi connectivity index (χ1v) is 16.4. The van der Waals surface area contributed by atoms with Crippen LogP contribution in [0.2, 0.25) is 0 Å². The zero-order chi connectivity index (χ0) is 30.9. The second kappa shape index (κ2) is 15.0. The summed E-state index contributed by atoms with van der Waals surface area (Å²) in [7, 11) is -3.77. The Kier molecular flexibility index (Phi) is 11.4. The van der Waals surface area contributed by atoms with Crippen molar-refractivity contribution in [3.8, 4) is 5.75 Å². The maximum atomic E-state index is 12.4. The van der Waals surface area contributed by atoms with Crippen LogP contribution in [0.3, 0.4) is 0 Å². The van der Waals surface area contributed by atoms with Crippen molar-refractivity contribution in [2.24, 2.45) is 5.73 Å². The Morgan fingerprint density at radius 2 is 1.84 bits per heavy atom. The molecular weight excluding hydrogens is 574 g/mol. The highest BCUT2D eigenvalue weighted by atomic mass is 32.2. The quantitative estimate of drug-likeness (QED) is 0.251. The molecule has 1 fully saturated rings. The number of benzene rings is 2. The zero-order valence-corrected chi connectivity index (χ0v) is 25.8. The number of rotatable bonds is 17. The first-order chi connectivity index (χ1) is 20.5. The van der Waals surface area contributed by atoms with Gasteiger partial charge in [0.2, 0.25) is 21.7 Å². The lowest BCUT2D eigenvalue weighted by Gasteiger charge is -2.32. The van der Waals surface area contributed by atoms with Crippen molar-refractivity contribution in [2.75, 3.05) is 32.8 Å². The molecule has 0 radical (unpaired) electrons. The molecule has 4 rings (SSSR count). The molecule has 236 valence electrons. The molecule has 0 aliphatic carbocycles. The molecule has 2 heterocycles. The van der Waals surface area contributed by atoms with Crippen LogP contribution in [-0.2, 0) is 42.1 Å². The number of carbonyl (C=O) groups excluding carboxylic acids is 2. The van der Waals surface area contributed by atoms with E-state index in [-0.39, 0.29) is 17.1 Å². The predicted octanol–water partition coefficient (Wildman–Crippen LogP) is 4.19. The highest BCUT2D eigenvalue weighted by molar-refractivity contribution is 7.89. The number of hydrogen-bond donors (Lipinski definition) is 2. The van der Waals surface area contributed by atoms with E-state index in [4.69, 9.17) is 24.7 Å². The third-order valence-corrected chi connectivity index (χ3v) is 8.79. The molecule has 2 aliphatic rings. The van der Waals surface area contributed by atoms with Crippen molar-refractivity contribution in [2.45, 2.75) is 82.2 Å². The number of nitrogens with one attached hydrogen (secondary N) is 1. The maximum Gasteiger partial charge on any atom is 0.410 e. The molecule has 0 unspecified atom stereocenters. The number of nitrogens with zero attached hydrogens (tertiary/aromatic N) is 1. The minimum atomic E-state index is -3.77. The molecule has 2 aliphatic heterocycles. The van der Waals surface area contributed by atoms with Crippen LogP contribution in [0.4, 0.5) is 4.79 Å². The van der Waals surface area contributed by atoms with Crippen LogP contribution in [0, 0.1) is 0 Å². The van der Waals surface area contributed by atoms with Crippen molar-refractivity contribution in [3.63, 3.8) is 0 Å². The van der Waals surface area contributed by atoms with Gasteiger partial charge in [-0.15, -0.1) is 0 Å². The van der Waals surface area contributed by atoms with E-state index in [2.05, 4.69) is 4.72 Å². The highest BCUT2D eigenvalue weighted by Gasteiger charge is 2.33. The Morgan fingerprint density at radius 3 is 2.63 bits per heavy atom. The van der Waals surface area contributed by atoms with E-state index in [1.54, 1.807) is 17.0 Å². The lowest BCUT2D eigenvalue weighted by Crippen LogP contribution is -2.35. The molecule has 0 spiro atoms. The molecule has 12 heteroatoms. The van der Waals surface area contributed by atoms with Crippen LogP contribution in [0.5, 0.6) is 5.75 Å². The molecule has 1 saturated heterocycles. The molecule has 0 aromatic heterocycles. The normalized spacial score (nSPS) is 17.8. The molecule has 3 N–H and O–H groups in total. The minimum Gasteiger partial charge on any atom is -0.463 e. The number of ether oxygens (including phenoxy) is 4. The van der Waals surface area contributed by atoms with E-state index >= 15 is 0 Å². The Balaban J connectivity index is 1.04. The Bertz CT molecular complexity index is 1360. The highest BCUT2D eigenvalue weighted by Crippen LogP contribution is 2.35. The van der Waals surface area contributed by atoms with Crippen LogP contribution in [0.25, 0.3) is 0 Å². The van der Waals surface area contributed by atoms with E-state index in [9.17, 15) is 18.0 Å². The van der Waals surface area contributed by atoms with E-state index in [0.717, 1.165) is 67.4 Å². The third kappa shape index (κ3) is 9.92. The summed E-state index contributed by atoms with van der Waals surface area (Å²) in [5.74, 6) is -0.573. The summed E-state index contributed by atoms with van der Waals surface area (Å²) in [6.07, 6.45) is 5.82. The fourth-order valence-electron chi connectivity index (χ4n) is 5.04. The van der Waals surface area contributed by atoms with Gasteiger partial charge in [0.25, 0.3) is 0 Å². The van der Waals surface area contributed by atoms with Gasteiger partial charge in [-0.25, -0.2) is 17.9 Å². The van der Waals surface area contributed by atoms with Crippen LogP contribution >= 0.6 is 0 Å². The van der Waals surface area contributed by atoms with Gasteiger partial charge in [0.05, 0.1) is 24.6 Å². The lowest BCUT2D eigenvalue weighted by molar-refractivity contribution is -0.180. The lowest BCUT2D eigenvalue weighted by atomic mass is 10.0. The second-order valence-corrected chi connectivity index (χ2v) is 13.2. The van der Waals surface area contributed by atoms with Gasteiger partial charge in [0, 0.05) is 39.2 Å². The average molecular weight is 618 g/mol. The predicted molar refractivity (Wildman–Crippen MR) is 160 cm³/mol. The molecule has 43 heavy (non-hydrogen) atoms. The van der Waals surface area contributed by atoms with Gasteiger partial charge in [-0.2, -0.15) is 0 Å². The summed E-state index contributed by atoms with van der Waals surface area (Å²) in [6.45, 7) is 6.36. The summed E-state index contributed by atoms with van der Waals surface area (Å²) < 4.78 is 49.7. The average Bonchev–Trinajstić information content (AvgIpc) is 3.34. The van der Waals surface area contributed by atoms with Gasteiger partial charge in [-0.1, -0.05) is 31.0 Å². The zero-order valence-electron chi connectivity index (χ0n) is 25.0. The van der Waals surface area contributed by atoms with E-state index in [1.165, 1.54) is 6.07 Å². The smallest absolute Gasteiger partial charge is 0.410 e. The summed E-state index contributed by atoms with van der Waals surface area (Å²) in [5, 5.41) is 0. The summed E-state index contributed by atoms with van der Waals surface area (Å²) in [5.41, 5.74) is 7.85. The van der Waals surface area contributed by atoms with Crippen molar-refractivity contribution >= 4 is 22.0 Å². The van der Waals surface area contributed by atoms with Gasteiger partial charge in [0.15, 0.2) is 0 Å². The van der Waals surface area contributed by atoms with Gasteiger partial charge in [0.1, 0.15) is 11.9 Å². The molecule has 11 nitrogen and oxygen atoms in total. The largest absolute Gasteiger partial charge is 0.463 e. The maximum absolute atomic E-state index is 12.4. The topological polar surface area (TPSA) is 146 Å². The van der Waals surface area contributed by atoms with Crippen LogP contribution in [0.15, 0.2) is 47.4 Å². The summed E-state index contributed by atoms with van der Waals surface area (Å²) in [4.78, 5) is 25.2. The number of carbonyl (C=O) groups is 2. The summed E-state index contributed by atoms with van der Waals surface area (Å²) >= 11 is 0. The standard InChI is InChI=1S/C31H43N3O8S/c1-31(2)40-22-25-19-24(13-14-27(25)42-31)28-21-34(30(36)41-28)15-6-3-4-7-16-39-17-8-5-10-23-11-9-12-26(18-23)43(37,38)33-20-29(32)35/h9,11-14,18-19,28,33H,3-8,10,15-17,20-22H2,1-2H3,(H2,32,35)/t28-/m0/s1. The number of fused-ring (bicyclic) bond motifs is 1. The first-order valence-electron chi connectivity index (χ1n) is 14.9. The van der Waals surface area contributed by atoms with Crippen LogP contribution in [0.1, 0.15) is 75.2 Å². The van der Waals surface area contributed by atoms with Gasteiger partial charge < -0.3 is 29.6 Å². The Labute approximate surface area is 254 Å². The SMILES string of the molecule is CC1(C)OCc2cc([C@@H]3CN(CCCCCCOCCCCc4cccc(S(=O)(=O)NCC(N)=O)c4)C(=O)O3)ccc2O1. The number of cyclic esters (lactones) is 1. The van der Waals surface area contributed by atoms with Crippen molar-refractivity contribution in [1.82, 2.24) is 9.62 Å². The van der Waals surface area contributed by atoms with E-state index in [0.29, 0.717) is 32.9 Å². The summed E-state index contributed by atoms with van der Waals surface area (Å²) in [6, 6.07) is 12.6. The van der Waals surface area contributed by atoms with Gasteiger partial charge in [-0.05, 0) is 67.5 Å². The fraction of sp³-hybridized carbons (Fsp3) is 0.548. The van der Waals surface area contributed by atoms with E-state index in [1.807, 2.05) is 38.1 Å². The molecule has 1 atom stereocenters. The Morgan fingerprint density at radius 1 is 1.07 bits per heavy atom. The molecule has 2 aromatic carbocycles. The van der Waals surface area contributed by atoms with Gasteiger partial charge in [-0.3, -0.25) is 4.79 Å². The number of sulfonamides is 1. The number of aryl methyl sites for hydroxylation is 1. The molecule has 2 amide bonds. The number of primary amides is 1. The van der Waals surface area contributed by atoms with E-state index < -0.39 is 28.3 Å². The van der Waals surface area contributed by atoms with Crippen LogP contribution < -0.4 is 15.2 Å². The third-order valence-electron chi connectivity index (χ3n) is 7.39. The van der Waals surface area contributed by atoms with Crippen LogP contribution in [-0.4, -0.2) is 64.0 Å². The Hall–Kier alpha value is -3.19. The molecular formula is C31H43N3O8S. The number of amides is 2. The van der Waals surface area contributed by atoms with Crippen molar-refractivity contribution in [1.29, 1.82) is 0 Å². The number of nitrogens with two attached hydrogens (primary N) is 1. The monoisotopic (exact) mass is 617 g/mol.